The van der Waals surface area contributed by atoms with Crippen molar-refractivity contribution < 1.29 is 33.4 Å². The van der Waals surface area contributed by atoms with Crippen LogP contribution in [0.3, 0.4) is 0 Å². The maximum Gasteiger partial charge on any atom is 0.338 e. The Morgan fingerprint density at radius 2 is 1.64 bits per heavy atom. The molecule has 1 fully saturated rings. The van der Waals surface area contributed by atoms with Crippen molar-refractivity contribution in [3.8, 4) is 0 Å². The molecule has 0 aliphatic carbocycles. The summed E-state index contributed by atoms with van der Waals surface area (Å²) in [5.74, 6) is -3.49. The molecule has 0 spiro atoms. The van der Waals surface area contributed by atoms with E-state index in [1.54, 1.807) is 24.3 Å². The molecule has 36 heavy (non-hydrogen) atoms. The van der Waals surface area contributed by atoms with Gasteiger partial charge in [-0.05, 0) is 55.0 Å². The van der Waals surface area contributed by atoms with Crippen LogP contribution in [0.25, 0.3) is 0 Å². The Hall–Kier alpha value is -3.92. The Morgan fingerprint density at radius 1 is 0.972 bits per heavy atom. The molecule has 0 bridgehead atoms. The van der Waals surface area contributed by atoms with Crippen LogP contribution < -0.4 is 15.8 Å². The quantitative estimate of drug-likeness (QED) is 0.298. The minimum atomic E-state index is -0.757. The average Bonchev–Trinajstić information content (AvgIpc) is 3.28. The summed E-state index contributed by atoms with van der Waals surface area (Å²) in [5.41, 5.74) is 5.53. The number of hydrazine groups is 1. The number of ether oxygens (including phenoxy) is 2. The van der Waals surface area contributed by atoms with Gasteiger partial charge in [0, 0.05) is 29.2 Å². The molecule has 0 radical (unpaired) electrons. The lowest BCUT2D eigenvalue weighted by atomic mass is 10.1. The number of anilines is 1. The molecule has 1 heterocycles. The van der Waals surface area contributed by atoms with Gasteiger partial charge in [0.15, 0.2) is 6.61 Å². The first-order valence-electron chi connectivity index (χ1n) is 11.4. The standard InChI is InChI=1S/C25H26ClN3O7/c1-2-3-12-35-24(33)17-6-10-20(11-7-17)29-14-18(13-22(29)31)25(34)36-15-21(30)27-28-23(32)16-4-8-19(26)9-5-16/h4-11,18H,2-3,12-15H2,1H3,(H,27,30)(H,28,32)/t18-/m0/s1. The first kappa shape index (κ1) is 26.7. The molecule has 0 saturated carbocycles. The molecule has 1 saturated heterocycles. The number of amides is 3. The molecule has 2 aromatic carbocycles. The number of esters is 2. The molecule has 10 nitrogen and oxygen atoms in total. The molecule has 3 rings (SSSR count). The van der Waals surface area contributed by atoms with E-state index in [2.05, 4.69) is 10.9 Å². The Bertz CT molecular complexity index is 1120. The number of rotatable bonds is 9. The summed E-state index contributed by atoms with van der Waals surface area (Å²) in [6.07, 6.45) is 1.62. The lowest BCUT2D eigenvalue weighted by Crippen LogP contribution is -2.43. The molecule has 1 atom stereocenters. The van der Waals surface area contributed by atoms with Gasteiger partial charge in [0.2, 0.25) is 5.91 Å². The van der Waals surface area contributed by atoms with Crippen molar-refractivity contribution in [2.45, 2.75) is 26.2 Å². The third kappa shape index (κ3) is 7.29. The highest BCUT2D eigenvalue weighted by atomic mass is 35.5. The zero-order chi connectivity index (χ0) is 26.1. The van der Waals surface area contributed by atoms with Crippen LogP contribution in [0.5, 0.6) is 0 Å². The second kappa shape index (κ2) is 12.7. The fraction of sp³-hybridized carbons (Fsp3) is 0.320. The maximum absolute atomic E-state index is 12.4. The summed E-state index contributed by atoms with van der Waals surface area (Å²) in [5, 5.41) is 0.464. The van der Waals surface area contributed by atoms with Gasteiger partial charge in [-0.15, -0.1) is 0 Å². The largest absolute Gasteiger partial charge is 0.462 e. The smallest absolute Gasteiger partial charge is 0.338 e. The third-order valence-electron chi connectivity index (χ3n) is 5.37. The Labute approximate surface area is 212 Å². The molecule has 3 amide bonds. The number of halogens is 1. The highest BCUT2D eigenvalue weighted by molar-refractivity contribution is 6.30. The van der Waals surface area contributed by atoms with Crippen LogP contribution in [0.15, 0.2) is 48.5 Å². The fourth-order valence-electron chi connectivity index (χ4n) is 3.38. The third-order valence-corrected chi connectivity index (χ3v) is 5.62. The number of carbonyl (C=O) groups excluding carboxylic acids is 5. The van der Waals surface area contributed by atoms with E-state index in [0.29, 0.717) is 22.9 Å². The van der Waals surface area contributed by atoms with Gasteiger partial charge in [-0.3, -0.25) is 30.0 Å². The topological polar surface area (TPSA) is 131 Å². The molecular formula is C25H26ClN3O7. The van der Waals surface area contributed by atoms with Gasteiger partial charge in [-0.1, -0.05) is 24.9 Å². The van der Waals surface area contributed by atoms with E-state index in [4.69, 9.17) is 21.1 Å². The van der Waals surface area contributed by atoms with Crippen molar-refractivity contribution in [1.29, 1.82) is 0 Å². The lowest BCUT2D eigenvalue weighted by molar-refractivity contribution is -0.152. The molecule has 0 unspecified atom stereocenters. The zero-order valence-corrected chi connectivity index (χ0v) is 20.4. The van der Waals surface area contributed by atoms with Crippen LogP contribution in [-0.2, 0) is 23.9 Å². The van der Waals surface area contributed by atoms with Crippen molar-refractivity contribution in [2.75, 3.05) is 24.7 Å². The van der Waals surface area contributed by atoms with E-state index >= 15 is 0 Å². The van der Waals surface area contributed by atoms with Crippen LogP contribution in [-0.4, -0.2) is 49.4 Å². The Kier molecular flexibility index (Phi) is 9.40. The normalized spacial score (nSPS) is 14.8. The lowest BCUT2D eigenvalue weighted by Gasteiger charge is -2.17. The molecular weight excluding hydrogens is 490 g/mol. The van der Waals surface area contributed by atoms with Crippen molar-refractivity contribution in [3.05, 3.63) is 64.7 Å². The van der Waals surface area contributed by atoms with Crippen LogP contribution in [0.2, 0.25) is 5.02 Å². The number of nitrogens with one attached hydrogen (secondary N) is 2. The highest BCUT2D eigenvalue weighted by Crippen LogP contribution is 2.26. The van der Waals surface area contributed by atoms with E-state index in [1.165, 1.54) is 29.2 Å². The highest BCUT2D eigenvalue weighted by Gasteiger charge is 2.36. The van der Waals surface area contributed by atoms with Crippen LogP contribution >= 0.6 is 11.6 Å². The summed E-state index contributed by atoms with van der Waals surface area (Å²) in [7, 11) is 0. The second-order valence-corrected chi connectivity index (χ2v) is 8.50. The maximum atomic E-state index is 12.4. The Balaban J connectivity index is 1.44. The molecule has 1 aliphatic heterocycles. The number of nitrogens with zero attached hydrogens (tertiary/aromatic N) is 1. The molecule has 1 aliphatic rings. The van der Waals surface area contributed by atoms with Gasteiger partial charge in [-0.2, -0.15) is 0 Å². The first-order valence-corrected chi connectivity index (χ1v) is 11.7. The van der Waals surface area contributed by atoms with Gasteiger partial charge in [0.25, 0.3) is 11.8 Å². The first-order chi connectivity index (χ1) is 17.3. The van der Waals surface area contributed by atoms with Crippen LogP contribution in [0.4, 0.5) is 5.69 Å². The summed E-state index contributed by atoms with van der Waals surface area (Å²) in [6.45, 7) is 1.79. The summed E-state index contributed by atoms with van der Waals surface area (Å²) in [4.78, 5) is 62.2. The zero-order valence-electron chi connectivity index (χ0n) is 19.6. The van der Waals surface area contributed by atoms with Gasteiger partial charge in [0.1, 0.15) is 0 Å². The second-order valence-electron chi connectivity index (χ2n) is 8.06. The van der Waals surface area contributed by atoms with Crippen molar-refractivity contribution in [3.63, 3.8) is 0 Å². The van der Waals surface area contributed by atoms with Gasteiger partial charge >= 0.3 is 11.9 Å². The molecule has 11 heteroatoms. The molecule has 2 N–H and O–H groups in total. The van der Waals surface area contributed by atoms with Gasteiger partial charge in [-0.25, -0.2) is 4.79 Å². The van der Waals surface area contributed by atoms with E-state index in [-0.39, 0.29) is 24.4 Å². The fourth-order valence-corrected chi connectivity index (χ4v) is 3.50. The Morgan fingerprint density at radius 3 is 2.31 bits per heavy atom. The minimum Gasteiger partial charge on any atom is -0.462 e. The number of carbonyl (C=O) groups is 5. The molecule has 2 aromatic rings. The predicted molar refractivity (Wildman–Crippen MR) is 130 cm³/mol. The summed E-state index contributed by atoms with van der Waals surface area (Å²) >= 11 is 5.77. The molecule has 190 valence electrons. The monoisotopic (exact) mass is 515 g/mol. The van der Waals surface area contributed by atoms with E-state index < -0.39 is 36.3 Å². The summed E-state index contributed by atoms with van der Waals surface area (Å²) in [6, 6.07) is 12.4. The van der Waals surface area contributed by atoms with Crippen molar-refractivity contribution >= 4 is 46.9 Å². The SMILES string of the molecule is CCCCOC(=O)c1ccc(N2C[C@@H](C(=O)OCC(=O)NNC(=O)c3ccc(Cl)cc3)CC2=O)cc1. The van der Waals surface area contributed by atoms with Crippen LogP contribution in [0, 0.1) is 5.92 Å². The van der Waals surface area contributed by atoms with E-state index in [9.17, 15) is 24.0 Å². The average molecular weight is 516 g/mol. The number of hydrogen-bond donors (Lipinski definition) is 2. The molecule has 0 aromatic heterocycles. The van der Waals surface area contributed by atoms with E-state index in [1.807, 2.05) is 6.92 Å². The number of benzene rings is 2. The minimum absolute atomic E-state index is 0.0748. The van der Waals surface area contributed by atoms with Gasteiger partial charge in [0.05, 0.1) is 18.1 Å². The van der Waals surface area contributed by atoms with Crippen molar-refractivity contribution in [1.82, 2.24) is 10.9 Å². The predicted octanol–water partition coefficient (Wildman–Crippen LogP) is 2.65. The van der Waals surface area contributed by atoms with E-state index in [0.717, 1.165) is 12.8 Å². The van der Waals surface area contributed by atoms with Crippen molar-refractivity contribution in [2.24, 2.45) is 5.92 Å². The summed E-state index contributed by atoms with van der Waals surface area (Å²) < 4.78 is 10.2. The van der Waals surface area contributed by atoms with Crippen LogP contribution in [0.1, 0.15) is 46.9 Å². The van der Waals surface area contributed by atoms with Gasteiger partial charge < -0.3 is 14.4 Å². The number of unbranched alkanes of at least 4 members (excludes halogenated alkanes) is 1. The number of hydrogen-bond acceptors (Lipinski definition) is 7.